The van der Waals surface area contributed by atoms with Gasteiger partial charge in [-0.05, 0) is 44.7 Å². The summed E-state index contributed by atoms with van der Waals surface area (Å²) >= 11 is 0. The number of sulfonamides is 1. The van der Waals surface area contributed by atoms with Gasteiger partial charge in [0.15, 0.2) is 5.96 Å². The second kappa shape index (κ2) is 12.3. The van der Waals surface area contributed by atoms with Gasteiger partial charge in [-0.25, -0.2) is 8.42 Å². The molecule has 12 nitrogen and oxygen atoms in total. The van der Waals surface area contributed by atoms with Gasteiger partial charge in [0.2, 0.25) is 21.8 Å². The lowest BCUT2D eigenvalue weighted by molar-refractivity contribution is -0.143. The van der Waals surface area contributed by atoms with Gasteiger partial charge >= 0.3 is 5.97 Å². The van der Waals surface area contributed by atoms with Crippen molar-refractivity contribution in [3.05, 3.63) is 29.8 Å². The molecule has 188 valence electrons. The molecule has 0 unspecified atom stereocenters. The van der Waals surface area contributed by atoms with Gasteiger partial charge in [-0.1, -0.05) is 17.7 Å². The molecular formula is C21H32N6O6S. The minimum Gasteiger partial charge on any atom is -0.468 e. The zero-order chi connectivity index (χ0) is 25.3. The topological polar surface area (TPSA) is 186 Å². The Balaban J connectivity index is 2.20. The number of esters is 1. The van der Waals surface area contributed by atoms with E-state index < -0.39 is 39.9 Å². The van der Waals surface area contributed by atoms with Crippen LogP contribution in [-0.4, -0.2) is 75.9 Å². The Morgan fingerprint density at radius 3 is 2.53 bits per heavy atom. The SMILES string of the molecule is COC(=O)CNC(=O)[C@@H]1CCCN1C(=O)[C@H](CCCN=C(N)N)NS(=O)(=O)c1ccc(C)cc1. The fourth-order valence-electron chi connectivity index (χ4n) is 3.56. The van der Waals surface area contributed by atoms with E-state index in [0.29, 0.717) is 19.3 Å². The molecule has 0 radical (unpaired) electrons. The van der Waals surface area contributed by atoms with Gasteiger partial charge in [0.1, 0.15) is 18.6 Å². The van der Waals surface area contributed by atoms with Crippen LogP contribution in [0.5, 0.6) is 0 Å². The number of nitrogens with one attached hydrogen (secondary N) is 2. The quantitative estimate of drug-likeness (QED) is 0.130. The molecule has 0 saturated carbocycles. The highest BCUT2D eigenvalue weighted by atomic mass is 32.2. The summed E-state index contributed by atoms with van der Waals surface area (Å²) < 4.78 is 32.9. The molecule has 2 rings (SSSR count). The Morgan fingerprint density at radius 2 is 1.91 bits per heavy atom. The predicted octanol–water partition coefficient (Wildman–Crippen LogP) is -1.02. The fraction of sp³-hybridized carbons (Fsp3) is 0.524. The van der Waals surface area contributed by atoms with Gasteiger partial charge in [0.25, 0.3) is 0 Å². The lowest BCUT2D eigenvalue weighted by Crippen LogP contribution is -2.53. The highest BCUT2D eigenvalue weighted by Gasteiger charge is 2.38. The first-order valence-electron chi connectivity index (χ1n) is 10.8. The lowest BCUT2D eigenvalue weighted by Gasteiger charge is -2.28. The molecule has 1 heterocycles. The standard InChI is InChI=1S/C21H32N6O6S/c1-14-7-9-15(10-8-14)34(31,32)26-16(5-3-11-24-21(22)23)20(30)27-12-4-6-17(27)19(29)25-13-18(28)33-2/h7-10,16-17,26H,3-6,11-13H2,1-2H3,(H,25,29)(H4,22,23,24)/t16-,17-/m0/s1. The number of ether oxygens (including phenoxy) is 1. The second-order valence-corrected chi connectivity index (χ2v) is 9.63. The summed E-state index contributed by atoms with van der Waals surface area (Å²) in [4.78, 5) is 42.5. The van der Waals surface area contributed by atoms with Crippen molar-refractivity contribution in [2.75, 3.05) is 26.7 Å². The molecule has 1 aliphatic rings. The molecule has 0 aromatic heterocycles. The Morgan fingerprint density at radius 1 is 1.24 bits per heavy atom. The highest BCUT2D eigenvalue weighted by Crippen LogP contribution is 2.21. The van der Waals surface area contributed by atoms with Crippen molar-refractivity contribution in [2.24, 2.45) is 16.5 Å². The zero-order valence-electron chi connectivity index (χ0n) is 19.3. The van der Waals surface area contributed by atoms with Gasteiger partial charge in [-0.15, -0.1) is 0 Å². The molecule has 0 spiro atoms. The van der Waals surface area contributed by atoms with Crippen LogP contribution < -0.4 is 21.5 Å². The number of benzene rings is 1. The van der Waals surface area contributed by atoms with E-state index in [-0.39, 0.29) is 36.9 Å². The van der Waals surface area contributed by atoms with E-state index >= 15 is 0 Å². The van der Waals surface area contributed by atoms with Crippen LogP contribution in [0.15, 0.2) is 34.2 Å². The summed E-state index contributed by atoms with van der Waals surface area (Å²) in [6.07, 6.45) is 1.41. The molecular weight excluding hydrogens is 464 g/mol. The van der Waals surface area contributed by atoms with Gasteiger partial charge in [0.05, 0.1) is 12.0 Å². The third-order valence-electron chi connectivity index (χ3n) is 5.35. The maximum absolute atomic E-state index is 13.4. The van der Waals surface area contributed by atoms with Crippen molar-refractivity contribution >= 4 is 33.8 Å². The van der Waals surface area contributed by atoms with E-state index in [2.05, 4.69) is 19.8 Å². The third kappa shape index (κ3) is 7.70. The lowest BCUT2D eigenvalue weighted by atomic mass is 10.1. The molecule has 2 amide bonds. The number of nitrogens with two attached hydrogens (primary N) is 2. The average Bonchev–Trinajstić information content (AvgIpc) is 3.28. The minimum atomic E-state index is -4.01. The maximum Gasteiger partial charge on any atom is 0.325 e. The predicted molar refractivity (Wildman–Crippen MR) is 125 cm³/mol. The van der Waals surface area contributed by atoms with Crippen LogP contribution in [0.3, 0.4) is 0 Å². The Labute approximate surface area is 199 Å². The number of carbonyl (C=O) groups is 3. The third-order valence-corrected chi connectivity index (χ3v) is 6.83. The maximum atomic E-state index is 13.4. The normalized spacial score (nSPS) is 16.5. The van der Waals surface area contributed by atoms with Crippen LogP contribution in [0.4, 0.5) is 0 Å². The summed E-state index contributed by atoms with van der Waals surface area (Å²) in [7, 11) is -2.81. The molecule has 1 aromatic rings. The molecule has 13 heteroatoms. The Kier molecular flexibility index (Phi) is 9.81. The molecule has 34 heavy (non-hydrogen) atoms. The van der Waals surface area contributed by atoms with E-state index in [4.69, 9.17) is 11.5 Å². The van der Waals surface area contributed by atoms with Crippen LogP contribution in [0.2, 0.25) is 0 Å². The first-order valence-corrected chi connectivity index (χ1v) is 12.3. The molecule has 1 aromatic carbocycles. The number of amides is 2. The number of hydrogen-bond donors (Lipinski definition) is 4. The highest BCUT2D eigenvalue weighted by molar-refractivity contribution is 7.89. The Bertz CT molecular complexity index is 1010. The smallest absolute Gasteiger partial charge is 0.325 e. The van der Waals surface area contributed by atoms with E-state index in [1.165, 1.54) is 24.1 Å². The molecule has 2 atom stereocenters. The summed E-state index contributed by atoms with van der Waals surface area (Å²) in [5, 5.41) is 2.45. The van der Waals surface area contributed by atoms with Gasteiger partial charge in [-0.3, -0.25) is 19.4 Å². The monoisotopic (exact) mass is 496 g/mol. The number of carbonyl (C=O) groups excluding carboxylic acids is 3. The van der Waals surface area contributed by atoms with E-state index in [0.717, 1.165) is 5.56 Å². The summed E-state index contributed by atoms with van der Waals surface area (Å²) in [6.45, 7) is 2.00. The van der Waals surface area contributed by atoms with Gasteiger partial charge in [-0.2, -0.15) is 4.72 Å². The molecule has 1 aliphatic heterocycles. The van der Waals surface area contributed by atoms with Crippen LogP contribution >= 0.6 is 0 Å². The van der Waals surface area contributed by atoms with Crippen molar-refractivity contribution in [1.82, 2.24) is 14.9 Å². The first kappa shape index (κ1) is 27.1. The van der Waals surface area contributed by atoms with Crippen molar-refractivity contribution < 1.29 is 27.5 Å². The van der Waals surface area contributed by atoms with Gasteiger partial charge in [0, 0.05) is 13.1 Å². The van der Waals surface area contributed by atoms with E-state index in [1.807, 2.05) is 6.92 Å². The Hall–Kier alpha value is -3.19. The van der Waals surface area contributed by atoms with Crippen LogP contribution in [0, 0.1) is 6.92 Å². The largest absolute Gasteiger partial charge is 0.468 e. The fourth-order valence-corrected chi connectivity index (χ4v) is 4.79. The van der Waals surface area contributed by atoms with Crippen LogP contribution in [0.25, 0.3) is 0 Å². The van der Waals surface area contributed by atoms with E-state index in [9.17, 15) is 22.8 Å². The first-order chi connectivity index (χ1) is 16.0. The molecule has 1 fully saturated rings. The number of hydrogen-bond acceptors (Lipinski definition) is 7. The number of methoxy groups -OCH3 is 1. The average molecular weight is 497 g/mol. The number of guanidine groups is 1. The molecule has 6 N–H and O–H groups in total. The molecule has 0 bridgehead atoms. The van der Waals surface area contributed by atoms with E-state index in [1.54, 1.807) is 12.1 Å². The zero-order valence-corrected chi connectivity index (χ0v) is 20.1. The second-order valence-electron chi connectivity index (χ2n) is 7.92. The van der Waals surface area contributed by atoms with Crippen molar-refractivity contribution in [1.29, 1.82) is 0 Å². The summed E-state index contributed by atoms with van der Waals surface area (Å²) in [5.41, 5.74) is 11.6. The number of likely N-dealkylation sites (tertiary alicyclic amines) is 1. The summed E-state index contributed by atoms with van der Waals surface area (Å²) in [6, 6.07) is 4.28. The van der Waals surface area contributed by atoms with Crippen LogP contribution in [-0.2, 0) is 29.1 Å². The number of aryl methyl sites for hydroxylation is 1. The molecule has 0 aliphatic carbocycles. The summed E-state index contributed by atoms with van der Waals surface area (Å²) in [5.74, 6) is -1.76. The number of nitrogens with zero attached hydrogens (tertiary/aromatic N) is 2. The van der Waals surface area contributed by atoms with Gasteiger partial charge < -0.3 is 26.4 Å². The van der Waals surface area contributed by atoms with Crippen molar-refractivity contribution in [3.63, 3.8) is 0 Å². The van der Waals surface area contributed by atoms with Crippen molar-refractivity contribution in [2.45, 2.75) is 49.6 Å². The number of rotatable bonds is 11. The minimum absolute atomic E-state index is 0.0221. The number of aliphatic imine (C=N–C) groups is 1. The van der Waals surface area contributed by atoms with Crippen molar-refractivity contribution in [3.8, 4) is 0 Å². The molecule has 1 saturated heterocycles. The van der Waals surface area contributed by atoms with Crippen LogP contribution in [0.1, 0.15) is 31.2 Å².